The molecule has 0 aromatic carbocycles. The van der Waals surface area contributed by atoms with Crippen molar-refractivity contribution in [1.82, 2.24) is 14.8 Å². The highest BCUT2D eigenvalue weighted by molar-refractivity contribution is 7.07. The molecule has 15 heavy (non-hydrogen) atoms. The van der Waals surface area contributed by atoms with Gasteiger partial charge in [-0.25, -0.2) is 4.98 Å². The third kappa shape index (κ3) is 1.83. The van der Waals surface area contributed by atoms with Crippen LogP contribution >= 0.6 is 11.3 Å². The van der Waals surface area contributed by atoms with E-state index in [1.165, 1.54) is 11.3 Å². The van der Waals surface area contributed by atoms with Crippen LogP contribution in [0.3, 0.4) is 0 Å². The molecule has 0 saturated heterocycles. The van der Waals surface area contributed by atoms with Gasteiger partial charge in [0.15, 0.2) is 5.78 Å². The van der Waals surface area contributed by atoms with Gasteiger partial charge in [-0.15, -0.1) is 11.3 Å². The summed E-state index contributed by atoms with van der Waals surface area (Å²) in [5, 5.41) is 6.18. The van der Waals surface area contributed by atoms with E-state index < -0.39 is 0 Å². The first-order valence-corrected chi connectivity index (χ1v) is 5.62. The van der Waals surface area contributed by atoms with Crippen molar-refractivity contribution in [3.05, 3.63) is 22.7 Å². The van der Waals surface area contributed by atoms with Crippen LogP contribution < -0.4 is 0 Å². The lowest BCUT2D eigenvalue weighted by molar-refractivity contribution is 0.0979. The summed E-state index contributed by atoms with van der Waals surface area (Å²) in [5.41, 5.74) is 3.98. The second kappa shape index (κ2) is 3.94. The van der Waals surface area contributed by atoms with Crippen molar-refractivity contribution in [2.24, 2.45) is 7.05 Å². The van der Waals surface area contributed by atoms with Crippen LogP contribution in [0.1, 0.15) is 23.8 Å². The Morgan fingerprint density at radius 1 is 1.53 bits per heavy atom. The molecule has 0 aliphatic carbocycles. The Hall–Kier alpha value is -1.49. The van der Waals surface area contributed by atoms with E-state index in [0.29, 0.717) is 12.1 Å². The Morgan fingerprint density at radius 2 is 2.33 bits per heavy atom. The van der Waals surface area contributed by atoms with Gasteiger partial charge >= 0.3 is 0 Å². The molecule has 2 heterocycles. The summed E-state index contributed by atoms with van der Waals surface area (Å²) in [6.45, 7) is 1.85. The zero-order valence-corrected chi connectivity index (χ0v) is 9.41. The second-order valence-corrected chi connectivity index (χ2v) is 3.91. The molecule has 0 amide bonds. The van der Waals surface area contributed by atoms with Gasteiger partial charge in [0, 0.05) is 18.8 Å². The van der Waals surface area contributed by atoms with E-state index >= 15 is 0 Å². The van der Waals surface area contributed by atoms with Gasteiger partial charge < -0.3 is 0 Å². The molecule has 78 valence electrons. The fraction of sp³-hybridized carbons (Fsp3) is 0.300. The first-order valence-electron chi connectivity index (χ1n) is 4.68. The maximum atomic E-state index is 11.5. The fourth-order valence-electron chi connectivity index (χ4n) is 1.37. The van der Waals surface area contributed by atoms with E-state index in [4.69, 9.17) is 0 Å². The average molecular weight is 221 g/mol. The predicted molar refractivity (Wildman–Crippen MR) is 58.9 cm³/mol. The minimum absolute atomic E-state index is 0.103. The standard InChI is InChI=1S/C10H11N3OS/c1-3-10(14)9-4-7(12-13(9)2)8-5-15-6-11-8/h4-6H,3H2,1-2H3. The number of Topliss-reactive ketones (excluding diaryl/α,β-unsaturated/α-hetero) is 1. The molecule has 0 fully saturated rings. The molecular formula is C10H11N3OS. The van der Waals surface area contributed by atoms with Crippen molar-refractivity contribution in [3.8, 4) is 11.4 Å². The minimum Gasteiger partial charge on any atom is -0.292 e. The molecule has 0 saturated carbocycles. The molecule has 0 atom stereocenters. The number of hydrogen-bond acceptors (Lipinski definition) is 4. The van der Waals surface area contributed by atoms with Gasteiger partial charge in [-0.2, -0.15) is 5.10 Å². The first-order chi connectivity index (χ1) is 7.22. The van der Waals surface area contributed by atoms with Gasteiger partial charge in [-0.3, -0.25) is 9.48 Å². The van der Waals surface area contributed by atoms with Gasteiger partial charge in [0.1, 0.15) is 17.1 Å². The molecular weight excluding hydrogens is 210 g/mol. The Kier molecular flexibility index (Phi) is 2.64. The summed E-state index contributed by atoms with van der Waals surface area (Å²) in [6, 6.07) is 1.79. The van der Waals surface area contributed by atoms with Crippen molar-refractivity contribution in [1.29, 1.82) is 0 Å². The number of nitrogens with zero attached hydrogens (tertiary/aromatic N) is 3. The van der Waals surface area contributed by atoms with Crippen molar-refractivity contribution in [2.45, 2.75) is 13.3 Å². The lowest BCUT2D eigenvalue weighted by atomic mass is 10.2. The zero-order chi connectivity index (χ0) is 10.8. The maximum Gasteiger partial charge on any atom is 0.180 e. The van der Waals surface area contributed by atoms with E-state index in [1.807, 2.05) is 12.3 Å². The second-order valence-electron chi connectivity index (χ2n) is 3.19. The number of ketones is 1. The number of carbonyl (C=O) groups excluding carboxylic acids is 1. The predicted octanol–water partition coefficient (Wildman–Crippen LogP) is 2.14. The van der Waals surface area contributed by atoms with Crippen molar-refractivity contribution >= 4 is 17.1 Å². The lowest BCUT2D eigenvalue weighted by Crippen LogP contribution is -2.04. The van der Waals surface area contributed by atoms with E-state index in [0.717, 1.165) is 11.4 Å². The molecule has 0 radical (unpaired) electrons. The highest BCUT2D eigenvalue weighted by Crippen LogP contribution is 2.18. The molecule has 4 nitrogen and oxygen atoms in total. The Bertz CT molecular complexity index is 473. The van der Waals surface area contributed by atoms with Crippen LogP contribution in [0.4, 0.5) is 0 Å². The summed E-state index contributed by atoms with van der Waals surface area (Å²) < 4.78 is 1.61. The van der Waals surface area contributed by atoms with Crippen LogP contribution in [0, 0.1) is 0 Å². The summed E-state index contributed by atoms with van der Waals surface area (Å²) in [6.07, 6.45) is 0.496. The van der Waals surface area contributed by atoms with E-state index in [2.05, 4.69) is 10.1 Å². The van der Waals surface area contributed by atoms with Gasteiger partial charge in [0.05, 0.1) is 5.51 Å². The van der Waals surface area contributed by atoms with E-state index in [1.54, 1.807) is 23.3 Å². The maximum absolute atomic E-state index is 11.5. The minimum atomic E-state index is 0.103. The number of thiazole rings is 1. The fourth-order valence-corrected chi connectivity index (χ4v) is 1.92. The highest BCUT2D eigenvalue weighted by Gasteiger charge is 2.13. The van der Waals surface area contributed by atoms with Crippen molar-refractivity contribution < 1.29 is 4.79 Å². The average Bonchev–Trinajstić information content (AvgIpc) is 2.84. The molecule has 2 aromatic heterocycles. The largest absolute Gasteiger partial charge is 0.292 e. The topological polar surface area (TPSA) is 47.8 Å². The van der Waals surface area contributed by atoms with Crippen LogP contribution in [0.2, 0.25) is 0 Å². The lowest BCUT2D eigenvalue weighted by Gasteiger charge is -1.95. The molecule has 0 N–H and O–H groups in total. The summed E-state index contributed by atoms with van der Waals surface area (Å²) in [7, 11) is 1.78. The Balaban J connectivity index is 2.41. The smallest absolute Gasteiger partial charge is 0.180 e. The number of aryl methyl sites for hydroxylation is 1. The van der Waals surface area contributed by atoms with Gasteiger partial charge in [-0.1, -0.05) is 6.92 Å². The van der Waals surface area contributed by atoms with Crippen LogP contribution in [0.5, 0.6) is 0 Å². The SMILES string of the molecule is CCC(=O)c1cc(-c2cscn2)nn1C. The van der Waals surface area contributed by atoms with Crippen LogP contribution in [-0.2, 0) is 7.05 Å². The summed E-state index contributed by atoms with van der Waals surface area (Å²) in [5.74, 6) is 0.103. The molecule has 2 aromatic rings. The molecule has 5 heteroatoms. The quantitative estimate of drug-likeness (QED) is 0.746. The van der Waals surface area contributed by atoms with Crippen molar-refractivity contribution in [2.75, 3.05) is 0 Å². The third-order valence-electron chi connectivity index (χ3n) is 2.18. The number of hydrogen-bond donors (Lipinski definition) is 0. The zero-order valence-electron chi connectivity index (χ0n) is 8.60. The highest BCUT2D eigenvalue weighted by atomic mass is 32.1. The molecule has 0 unspecified atom stereocenters. The number of rotatable bonds is 3. The summed E-state index contributed by atoms with van der Waals surface area (Å²) in [4.78, 5) is 15.7. The van der Waals surface area contributed by atoms with E-state index in [9.17, 15) is 4.79 Å². The molecule has 0 aliphatic heterocycles. The first kappa shape index (κ1) is 10.0. The van der Waals surface area contributed by atoms with Crippen LogP contribution in [0.25, 0.3) is 11.4 Å². The van der Waals surface area contributed by atoms with Crippen molar-refractivity contribution in [3.63, 3.8) is 0 Å². The summed E-state index contributed by atoms with van der Waals surface area (Å²) >= 11 is 1.52. The number of aromatic nitrogens is 3. The molecule has 0 spiro atoms. The third-order valence-corrected chi connectivity index (χ3v) is 2.77. The van der Waals surface area contributed by atoms with Crippen LogP contribution in [0.15, 0.2) is 17.0 Å². The van der Waals surface area contributed by atoms with Gasteiger partial charge in [0.2, 0.25) is 0 Å². The van der Waals surface area contributed by atoms with Crippen LogP contribution in [-0.4, -0.2) is 20.5 Å². The molecule has 0 aliphatic rings. The van der Waals surface area contributed by atoms with Gasteiger partial charge in [-0.05, 0) is 6.07 Å². The van der Waals surface area contributed by atoms with E-state index in [-0.39, 0.29) is 5.78 Å². The normalized spacial score (nSPS) is 10.5. The monoisotopic (exact) mass is 221 g/mol. The molecule has 2 rings (SSSR count). The van der Waals surface area contributed by atoms with Gasteiger partial charge in [0.25, 0.3) is 0 Å². The Morgan fingerprint density at radius 3 is 2.93 bits per heavy atom. The molecule has 0 bridgehead atoms. The Labute approximate surface area is 91.6 Å². The number of carbonyl (C=O) groups is 1.